The van der Waals surface area contributed by atoms with Crippen molar-refractivity contribution in [3.63, 3.8) is 0 Å². The van der Waals surface area contributed by atoms with Crippen molar-refractivity contribution in [3.05, 3.63) is 52.6 Å². The van der Waals surface area contributed by atoms with E-state index in [2.05, 4.69) is 30.5 Å². The molecule has 0 saturated heterocycles. The first-order valence-electron chi connectivity index (χ1n) is 8.13. The number of aromatic nitrogens is 3. The van der Waals surface area contributed by atoms with Gasteiger partial charge in [0, 0.05) is 25.5 Å². The van der Waals surface area contributed by atoms with Crippen LogP contribution in [-0.4, -0.2) is 47.0 Å². The summed E-state index contributed by atoms with van der Waals surface area (Å²) in [6, 6.07) is 7.60. The third-order valence-corrected chi connectivity index (χ3v) is 3.78. The summed E-state index contributed by atoms with van der Waals surface area (Å²) in [5.41, 5.74) is 0.955. The summed E-state index contributed by atoms with van der Waals surface area (Å²) in [6.45, 7) is 3.54. The van der Waals surface area contributed by atoms with Gasteiger partial charge in [-0.1, -0.05) is 0 Å². The molecular formula is C18H22N6O. The van der Waals surface area contributed by atoms with Crippen molar-refractivity contribution in [2.45, 2.75) is 6.92 Å². The van der Waals surface area contributed by atoms with E-state index in [9.17, 15) is 4.79 Å². The van der Waals surface area contributed by atoms with Gasteiger partial charge in [-0.15, -0.1) is 0 Å². The highest BCUT2D eigenvalue weighted by molar-refractivity contribution is 5.93. The van der Waals surface area contributed by atoms with Crippen molar-refractivity contribution in [1.82, 2.24) is 19.9 Å². The number of aromatic amines is 1. The average Bonchev–Trinajstić information content (AvgIpc) is 2.54. The Hall–Kier alpha value is -2.93. The van der Waals surface area contributed by atoms with Crippen LogP contribution in [-0.2, 0) is 0 Å². The highest BCUT2D eigenvalue weighted by Gasteiger charge is 2.10. The molecule has 3 N–H and O–H groups in total. The summed E-state index contributed by atoms with van der Waals surface area (Å²) in [5, 5.41) is 7.86. The number of nitrogens with zero attached hydrogens (tertiary/aromatic N) is 3. The van der Waals surface area contributed by atoms with Crippen LogP contribution in [0.15, 0.2) is 41.5 Å². The summed E-state index contributed by atoms with van der Waals surface area (Å²) in [5.74, 6) is 1.93. The lowest BCUT2D eigenvalue weighted by molar-refractivity contribution is 0.425. The monoisotopic (exact) mass is 338 g/mol. The van der Waals surface area contributed by atoms with Crippen LogP contribution in [0, 0.1) is 6.92 Å². The maximum atomic E-state index is 12.2. The number of fused-ring (bicyclic) bond motifs is 1. The molecule has 0 atom stereocenters. The molecule has 0 spiro atoms. The summed E-state index contributed by atoms with van der Waals surface area (Å²) >= 11 is 0. The molecule has 130 valence electrons. The summed E-state index contributed by atoms with van der Waals surface area (Å²) in [4.78, 5) is 25.9. The SMILES string of the molecule is Cc1ccnc(Nc2cc3cc[nH]c(=O)c3c(NCCN(C)C)n2)c1. The van der Waals surface area contributed by atoms with Crippen LogP contribution in [0.3, 0.4) is 0 Å². The molecule has 3 rings (SSSR count). The minimum absolute atomic E-state index is 0.155. The molecule has 0 aromatic carbocycles. The lowest BCUT2D eigenvalue weighted by Gasteiger charge is -2.14. The van der Waals surface area contributed by atoms with E-state index in [-0.39, 0.29) is 5.56 Å². The summed E-state index contributed by atoms with van der Waals surface area (Å²) < 4.78 is 0. The van der Waals surface area contributed by atoms with Gasteiger partial charge in [0.05, 0.1) is 5.39 Å². The Morgan fingerprint density at radius 1 is 1.20 bits per heavy atom. The Morgan fingerprint density at radius 3 is 2.80 bits per heavy atom. The van der Waals surface area contributed by atoms with Gasteiger partial charge < -0.3 is 20.5 Å². The van der Waals surface area contributed by atoms with E-state index in [1.807, 2.05) is 45.3 Å². The molecule has 0 unspecified atom stereocenters. The zero-order chi connectivity index (χ0) is 17.8. The Kier molecular flexibility index (Phi) is 4.95. The molecule has 0 saturated carbocycles. The number of H-pyrrole nitrogens is 1. The zero-order valence-corrected chi connectivity index (χ0v) is 14.6. The van der Waals surface area contributed by atoms with E-state index in [4.69, 9.17) is 0 Å². The molecule has 0 bridgehead atoms. The predicted molar refractivity (Wildman–Crippen MR) is 102 cm³/mol. The first kappa shape index (κ1) is 16.9. The molecule has 7 nitrogen and oxygen atoms in total. The van der Waals surface area contributed by atoms with Crippen molar-refractivity contribution in [1.29, 1.82) is 0 Å². The number of hydrogen-bond acceptors (Lipinski definition) is 6. The second-order valence-electron chi connectivity index (χ2n) is 6.20. The van der Waals surface area contributed by atoms with E-state index < -0.39 is 0 Å². The second-order valence-corrected chi connectivity index (χ2v) is 6.20. The lowest BCUT2D eigenvalue weighted by atomic mass is 10.2. The zero-order valence-electron chi connectivity index (χ0n) is 14.6. The Labute approximate surface area is 146 Å². The van der Waals surface area contributed by atoms with Crippen LogP contribution < -0.4 is 16.2 Å². The van der Waals surface area contributed by atoms with Crippen LogP contribution in [0.5, 0.6) is 0 Å². The third-order valence-electron chi connectivity index (χ3n) is 3.78. The molecule has 0 aliphatic carbocycles. The fourth-order valence-corrected chi connectivity index (χ4v) is 2.54. The molecule has 0 aliphatic rings. The van der Waals surface area contributed by atoms with Crippen molar-refractivity contribution in [3.8, 4) is 0 Å². The molecule has 0 amide bonds. The number of likely N-dealkylation sites (N-methyl/N-ethyl adjacent to an activating group) is 1. The molecule has 3 heterocycles. The largest absolute Gasteiger partial charge is 0.368 e. The molecule has 25 heavy (non-hydrogen) atoms. The van der Waals surface area contributed by atoms with Gasteiger partial charge in [-0.3, -0.25) is 4.79 Å². The molecular weight excluding hydrogens is 316 g/mol. The minimum atomic E-state index is -0.155. The van der Waals surface area contributed by atoms with Crippen molar-refractivity contribution in [2.75, 3.05) is 37.8 Å². The van der Waals surface area contributed by atoms with Crippen LogP contribution in [0.25, 0.3) is 10.8 Å². The number of aryl methyl sites for hydroxylation is 1. The van der Waals surface area contributed by atoms with Crippen LogP contribution >= 0.6 is 0 Å². The topological polar surface area (TPSA) is 85.9 Å². The summed E-state index contributed by atoms with van der Waals surface area (Å²) in [6.07, 6.45) is 3.39. The Bertz CT molecular complexity index is 934. The van der Waals surface area contributed by atoms with E-state index >= 15 is 0 Å². The van der Waals surface area contributed by atoms with Gasteiger partial charge in [0.2, 0.25) is 0 Å². The minimum Gasteiger partial charge on any atom is -0.368 e. The third kappa shape index (κ3) is 4.13. The fraction of sp³-hybridized carbons (Fsp3) is 0.278. The molecule has 0 fully saturated rings. The van der Waals surface area contributed by atoms with Crippen molar-refractivity contribution in [2.24, 2.45) is 0 Å². The smallest absolute Gasteiger partial charge is 0.259 e. The van der Waals surface area contributed by atoms with Crippen molar-refractivity contribution >= 4 is 28.2 Å². The predicted octanol–water partition coefficient (Wildman–Crippen LogP) is 2.34. The highest BCUT2D eigenvalue weighted by atomic mass is 16.1. The van der Waals surface area contributed by atoms with Gasteiger partial charge in [-0.05, 0) is 56.2 Å². The van der Waals surface area contributed by atoms with Gasteiger partial charge in [-0.25, -0.2) is 9.97 Å². The molecule has 7 heteroatoms. The van der Waals surface area contributed by atoms with Gasteiger partial charge in [0.15, 0.2) is 0 Å². The van der Waals surface area contributed by atoms with Gasteiger partial charge in [0.25, 0.3) is 5.56 Å². The second kappa shape index (κ2) is 7.31. The number of rotatable bonds is 6. The molecule has 0 aliphatic heterocycles. The van der Waals surface area contributed by atoms with Gasteiger partial charge in [0.1, 0.15) is 17.5 Å². The maximum absolute atomic E-state index is 12.2. The van der Waals surface area contributed by atoms with Crippen LogP contribution in [0.1, 0.15) is 5.56 Å². The van der Waals surface area contributed by atoms with Gasteiger partial charge in [-0.2, -0.15) is 0 Å². The number of nitrogens with one attached hydrogen (secondary N) is 3. The van der Waals surface area contributed by atoms with E-state index in [1.165, 1.54) is 0 Å². The van der Waals surface area contributed by atoms with E-state index in [0.717, 1.165) is 23.3 Å². The first-order valence-corrected chi connectivity index (χ1v) is 8.13. The average molecular weight is 338 g/mol. The Balaban J connectivity index is 1.98. The van der Waals surface area contributed by atoms with Crippen LogP contribution in [0.4, 0.5) is 17.5 Å². The lowest BCUT2D eigenvalue weighted by Crippen LogP contribution is -2.22. The highest BCUT2D eigenvalue weighted by Crippen LogP contribution is 2.23. The number of hydrogen-bond donors (Lipinski definition) is 3. The normalized spacial score (nSPS) is 11.0. The molecule has 3 aromatic rings. The maximum Gasteiger partial charge on any atom is 0.259 e. The van der Waals surface area contributed by atoms with E-state index in [1.54, 1.807) is 12.4 Å². The number of anilines is 3. The fourth-order valence-electron chi connectivity index (χ4n) is 2.54. The quantitative estimate of drug-likeness (QED) is 0.640. The Morgan fingerprint density at radius 2 is 2.04 bits per heavy atom. The standard InChI is InChI=1S/C18H22N6O/c1-12-4-6-19-14(10-12)22-15-11-13-5-7-21-18(25)16(13)17(23-15)20-8-9-24(2)3/h4-7,10-11H,8-9H2,1-3H3,(H,21,25)(H2,19,20,22,23). The van der Waals surface area contributed by atoms with Gasteiger partial charge >= 0.3 is 0 Å². The van der Waals surface area contributed by atoms with Crippen LogP contribution in [0.2, 0.25) is 0 Å². The molecule has 3 aromatic heterocycles. The summed E-state index contributed by atoms with van der Waals surface area (Å²) in [7, 11) is 4.00. The van der Waals surface area contributed by atoms with E-state index in [0.29, 0.717) is 23.6 Å². The molecule has 0 radical (unpaired) electrons. The van der Waals surface area contributed by atoms with Crippen molar-refractivity contribution < 1.29 is 0 Å². The first-order chi connectivity index (χ1) is 12.0. The number of pyridine rings is 3.